The second-order valence-corrected chi connectivity index (χ2v) is 4.71. The molecular formula is C13H10Cl2FNO2. The molecule has 0 radical (unpaired) electrons. The van der Waals surface area contributed by atoms with Gasteiger partial charge in [0.05, 0.1) is 10.0 Å². The van der Waals surface area contributed by atoms with Crippen LogP contribution in [-0.2, 0) is 6.54 Å². The average Bonchev–Trinajstić information content (AvgIpc) is 2.37. The molecule has 0 aliphatic carbocycles. The highest BCUT2D eigenvalue weighted by molar-refractivity contribution is 6.35. The minimum absolute atomic E-state index is 0.0878. The van der Waals surface area contributed by atoms with E-state index in [2.05, 4.69) is 5.32 Å². The molecule has 100 valence electrons. The number of halogens is 3. The summed E-state index contributed by atoms with van der Waals surface area (Å²) in [5.41, 5.74) is 1.01. The molecule has 0 bridgehead atoms. The zero-order chi connectivity index (χ0) is 14.0. The van der Waals surface area contributed by atoms with Gasteiger partial charge in [0.2, 0.25) is 0 Å². The lowest BCUT2D eigenvalue weighted by Crippen LogP contribution is -2.00. The Morgan fingerprint density at radius 2 is 1.74 bits per heavy atom. The maximum absolute atomic E-state index is 13.2. The second-order valence-electron chi connectivity index (χ2n) is 3.89. The van der Waals surface area contributed by atoms with E-state index in [9.17, 15) is 14.6 Å². The van der Waals surface area contributed by atoms with Crippen LogP contribution in [0.2, 0.25) is 10.0 Å². The molecule has 0 saturated carbocycles. The van der Waals surface area contributed by atoms with Crippen molar-refractivity contribution in [3.05, 3.63) is 51.8 Å². The van der Waals surface area contributed by atoms with Crippen molar-refractivity contribution >= 4 is 28.9 Å². The van der Waals surface area contributed by atoms with Gasteiger partial charge in [0.1, 0.15) is 0 Å². The normalized spacial score (nSPS) is 10.5. The van der Waals surface area contributed by atoms with E-state index in [0.717, 1.165) is 0 Å². The Morgan fingerprint density at radius 3 is 2.37 bits per heavy atom. The number of para-hydroxylation sites is 1. The van der Waals surface area contributed by atoms with Gasteiger partial charge in [-0.25, -0.2) is 4.39 Å². The Balaban J connectivity index is 2.17. The molecule has 6 heteroatoms. The van der Waals surface area contributed by atoms with Crippen molar-refractivity contribution < 1.29 is 14.6 Å². The molecule has 0 amide bonds. The third kappa shape index (κ3) is 3.03. The van der Waals surface area contributed by atoms with Crippen LogP contribution >= 0.6 is 23.2 Å². The van der Waals surface area contributed by atoms with E-state index in [4.69, 9.17) is 23.2 Å². The summed E-state index contributed by atoms with van der Waals surface area (Å²) in [7, 11) is 0. The molecule has 0 saturated heterocycles. The van der Waals surface area contributed by atoms with Gasteiger partial charge in [-0.3, -0.25) is 0 Å². The monoisotopic (exact) mass is 301 g/mol. The molecular weight excluding hydrogens is 292 g/mol. The second kappa shape index (κ2) is 5.55. The first-order chi connectivity index (χ1) is 8.99. The molecule has 0 heterocycles. The summed E-state index contributed by atoms with van der Waals surface area (Å²) in [6.45, 7) is 0.235. The molecule has 2 aromatic carbocycles. The summed E-state index contributed by atoms with van der Waals surface area (Å²) >= 11 is 11.3. The predicted molar refractivity (Wildman–Crippen MR) is 73.5 cm³/mol. The van der Waals surface area contributed by atoms with E-state index >= 15 is 0 Å². The van der Waals surface area contributed by atoms with Gasteiger partial charge in [-0.15, -0.1) is 0 Å². The van der Waals surface area contributed by atoms with E-state index in [1.807, 2.05) is 0 Å². The van der Waals surface area contributed by atoms with Gasteiger partial charge in [0.25, 0.3) is 0 Å². The molecule has 0 unspecified atom stereocenters. The Kier molecular flexibility index (Phi) is 4.02. The number of benzene rings is 2. The fourth-order valence-electron chi connectivity index (χ4n) is 1.58. The summed E-state index contributed by atoms with van der Waals surface area (Å²) in [5.74, 6) is -1.07. The zero-order valence-electron chi connectivity index (χ0n) is 9.62. The molecule has 19 heavy (non-hydrogen) atoms. The third-order valence-corrected chi connectivity index (χ3v) is 3.12. The lowest BCUT2D eigenvalue weighted by atomic mass is 10.2. The minimum atomic E-state index is -0.672. The van der Waals surface area contributed by atoms with E-state index in [1.165, 1.54) is 18.2 Å². The quantitative estimate of drug-likeness (QED) is 0.589. The SMILES string of the molecule is Oc1cccc(CNc2cc(Cl)c(F)c(Cl)c2)c1O. The first-order valence-corrected chi connectivity index (χ1v) is 6.13. The van der Waals surface area contributed by atoms with Crippen molar-refractivity contribution in [3.8, 4) is 11.5 Å². The largest absolute Gasteiger partial charge is 0.504 e. The van der Waals surface area contributed by atoms with Crippen molar-refractivity contribution in [2.75, 3.05) is 5.32 Å². The summed E-state index contributed by atoms with van der Waals surface area (Å²) in [5, 5.41) is 21.7. The summed E-state index contributed by atoms with van der Waals surface area (Å²) < 4.78 is 13.2. The Morgan fingerprint density at radius 1 is 1.11 bits per heavy atom. The third-order valence-electron chi connectivity index (χ3n) is 2.57. The molecule has 0 aliphatic heterocycles. The van der Waals surface area contributed by atoms with Gasteiger partial charge in [-0.05, 0) is 18.2 Å². The van der Waals surface area contributed by atoms with Crippen LogP contribution in [0.1, 0.15) is 5.56 Å². The Labute approximate surface area is 119 Å². The highest BCUT2D eigenvalue weighted by Crippen LogP contribution is 2.30. The van der Waals surface area contributed by atoms with Gasteiger partial charge in [-0.2, -0.15) is 0 Å². The van der Waals surface area contributed by atoms with Gasteiger partial charge >= 0.3 is 0 Å². The van der Waals surface area contributed by atoms with Gasteiger partial charge in [-0.1, -0.05) is 35.3 Å². The number of hydrogen-bond acceptors (Lipinski definition) is 3. The Bertz CT molecular complexity index is 597. The van der Waals surface area contributed by atoms with Gasteiger partial charge < -0.3 is 15.5 Å². The molecule has 0 aliphatic rings. The first-order valence-electron chi connectivity index (χ1n) is 5.37. The van der Waals surface area contributed by atoms with Crippen LogP contribution in [0.4, 0.5) is 10.1 Å². The van der Waals surface area contributed by atoms with E-state index in [-0.39, 0.29) is 28.1 Å². The standard InChI is InChI=1S/C13H10Cl2FNO2/c14-9-4-8(5-10(15)12(9)16)17-6-7-2-1-3-11(18)13(7)19/h1-5,17-19H,6H2. The number of phenols is 2. The van der Waals surface area contributed by atoms with Crippen molar-refractivity contribution in [2.45, 2.75) is 6.54 Å². The van der Waals surface area contributed by atoms with Crippen LogP contribution < -0.4 is 5.32 Å². The first kappa shape index (κ1) is 13.8. The summed E-state index contributed by atoms with van der Waals surface area (Å²) in [6, 6.07) is 7.42. The van der Waals surface area contributed by atoms with Crippen LogP contribution in [-0.4, -0.2) is 10.2 Å². The molecule has 2 rings (SSSR count). The van der Waals surface area contributed by atoms with Crippen molar-refractivity contribution in [1.82, 2.24) is 0 Å². The number of rotatable bonds is 3. The molecule has 2 aromatic rings. The number of phenolic OH excluding ortho intramolecular Hbond substituents is 2. The lowest BCUT2D eigenvalue weighted by Gasteiger charge is -2.10. The average molecular weight is 302 g/mol. The number of anilines is 1. The van der Waals surface area contributed by atoms with E-state index < -0.39 is 5.82 Å². The van der Waals surface area contributed by atoms with Crippen molar-refractivity contribution in [2.24, 2.45) is 0 Å². The Hall–Kier alpha value is -1.65. The number of nitrogens with one attached hydrogen (secondary N) is 1. The van der Waals surface area contributed by atoms with Crippen molar-refractivity contribution in [1.29, 1.82) is 0 Å². The molecule has 0 atom stereocenters. The molecule has 3 N–H and O–H groups in total. The topological polar surface area (TPSA) is 52.5 Å². The maximum Gasteiger partial charge on any atom is 0.162 e. The molecule has 3 nitrogen and oxygen atoms in total. The van der Waals surface area contributed by atoms with Crippen LogP contribution in [0, 0.1) is 5.82 Å². The van der Waals surface area contributed by atoms with Crippen LogP contribution in [0.3, 0.4) is 0 Å². The maximum atomic E-state index is 13.2. The summed E-state index contributed by atoms with van der Waals surface area (Å²) in [6.07, 6.45) is 0. The highest BCUT2D eigenvalue weighted by Gasteiger charge is 2.09. The van der Waals surface area contributed by atoms with Crippen molar-refractivity contribution in [3.63, 3.8) is 0 Å². The summed E-state index contributed by atoms with van der Waals surface area (Å²) in [4.78, 5) is 0. The smallest absolute Gasteiger partial charge is 0.162 e. The van der Waals surface area contributed by atoms with Crippen LogP contribution in [0.15, 0.2) is 30.3 Å². The molecule has 0 spiro atoms. The fourth-order valence-corrected chi connectivity index (χ4v) is 2.06. The number of aromatic hydroxyl groups is 2. The van der Waals surface area contributed by atoms with Crippen LogP contribution in [0.25, 0.3) is 0 Å². The van der Waals surface area contributed by atoms with E-state index in [1.54, 1.807) is 12.1 Å². The fraction of sp³-hybridized carbons (Fsp3) is 0.0769. The highest BCUT2D eigenvalue weighted by atomic mass is 35.5. The molecule has 0 aromatic heterocycles. The molecule has 0 fully saturated rings. The minimum Gasteiger partial charge on any atom is -0.504 e. The van der Waals surface area contributed by atoms with Gasteiger partial charge in [0, 0.05) is 17.8 Å². The van der Waals surface area contributed by atoms with Crippen LogP contribution in [0.5, 0.6) is 11.5 Å². The zero-order valence-corrected chi connectivity index (χ0v) is 11.1. The van der Waals surface area contributed by atoms with E-state index in [0.29, 0.717) is 11.3 Å². The number of hydrogen-bond donors (Lipinski definition) is 3. The predicted octanol–water partition coefficient (Wildman–Crippen LogP) is 4.16. The lowest BCUT2D eigenvalue weighted by molar-refractivity contribution is 0.400. The van der Waals surface area contributed by atoms with Gasteiger partial charge in [0.15, 0.2) is 17.3 Å².